The fourth-order valence-electron chi connectivity index (χ4n) is 4.17. The van der Waals surface area contributed by atoms with E-state index < -0.39 is 23.9 Å². The van der Waals surface area contributed by atoms with Gasteiger partial charge >= 0.3 is 23.9 Å². The first-order valence-electron chi connectivity index (χ1n) is 12.9. The van der Waals surface area contributed by atoms with Crippen molar-refractivity contribution in [1.82, 2.24) is 9.97 Å². The van der Waals surface area contributed by atoms with E-state index in [1.807, 2.05) is 12.1 Å². The van der Waals surface area contributed by atoms with Gasteiger partial charge in [-0.15, -0.1) is 0 Å². The average Bonchev–Trinajstić information content (AvgIpc) is 3.01. The van der Waals surface area contributed by atoms with Crippen LogP contribution in [-0.4, -0.2) is 54.3 Å². The van der Waals surface area contributed by atoms with Crippen LogP contribution in [0.25, 0.3) is 57.9 Å². The van der Waals surface area contributed by atoms with E-state index in [9.17, 15) is 19.2 Å². The molecule has 4 N–H and O–H groups in total. The third-order valence-electron chi connectivity index (χ3n) is 6.08. The minimum absolute atomic E-state index is 0.560. The van der Waals surface area contributed by atoms with Gasteiger partial charge < -0.3 is 20.4 Å². The average molecular weight is 589 g/mol. The van der Waals surface area contributed by atoms with E-state index in [4.69, 9.17) is 20.4 Å². The second-order valence-electron chi connectivity index (χ2n) is 9.33. The fraction of sp³-hybridized carbons (Fsp3) is 0. The van der Waals surface area contributed by atoms with Crippen molar-refractivity contribution in [2.75, 3.05) is 0 Å². The Morgan fingerprint density at radius 3 is 0.955 bits per heavy atom. The van der Waals surface area contributed by atoms with Gasteiger partial charge in [0, 0.05) is 59.0 Å². The Kier molecular flexibility index (Phi) is 9.69. The second kappa shape index (κ2) is 14.0. The van der Waals surface area contributed by atoms with Crippen LogP contribution in [0.3, 0.4) is 0 Å². The summed E-state index contributed by atoms with van der Waals surface area (Å²) >= 11 is 0. The normalized spacial score (nSPS) is 11.5. The van der Waals surface area contributed by atoms with Gasteiger partial charge in [0.25, 0.3) is 0 Å². The van der Waals surface area contributed by atoms with Crippen molar-refractivity contribution in [2.24, 2.45) is 0 Å². The lowest BCUT2D eigenvalue weighted by molar-refractivity contribution is -0.132. The van der Waals surface area contributed by atoms with Crippen molar-refractivity contribution in [3.63, 3.8) is 0 Å². The van der Waals surface area contributed by atoms with Crippen LogP contribution in [0.15, 0.2) is 97.4 Å². The topological polar surface area (TPSA) is 175 Å². The number of rotatable bonds is 11. The fourth-order valence-corrected chi connectivity index (χ4v) is 4.17. The molecule has 0 spiro atoms. The van der Waals surface area contributed by atoms with Gasteiger partial charge in [0.2, 0.25) is 0 Å². The first kappa shape index (κ1) is 30.5. The first-order valence-corrected chi connectivity index (χ1v) is 12.9. The van der Waals surface area contributed by atoms with E-state index in [-0.39, 0.29) is 0 Å². The molecule has 0 bridgehead atoms. The van der Waals surface area contributed by atoms with E-state index in [0.29, 0.717) is 44.8 Å². The molecular weight excluding hydrogens is 564 g/mol. The summed E-state index contributed by atoms with van der Waals surface area (Å²) < 4.78 is 0. The largest absolute Gasteiger partial charge is 0.478 e. The van der Waals surface area contributed by atoms with E-state index in [0.717, 1.165) is 35.4 Å². The van der Waals surface area contributed by atoms with E-state index >= 15 is 0 Å². The molecule has 0 atom stereocenters. The van der Waals surface area contributed by atoms with E-state index in [1.54, 1.807) is 60.9 Å². The Morgan fingerprint density at radius 2 is 0.727 bits per heavy atom. The van der Waals surface area contributed by atoms with Gasteiger partial charge in [-0.05, 0) is 95.1 Å². The summed E-state index contributed by atoms with van der Waals surface area (Å²) in [6.45, 7) is 0. The van der Waals surface area contributed by atoms with Gasteiger partial charge in [0.05, 0.1) is 11.4 Å². The Labute approximate surface area is 250 Å². The number of pyridine rings is 2. The van der Waals surface area contributed by atoms with Crippen LogP contribution in [0.4, 0.5) is 0 Å². The smallest absolute Gasteiger partial charge is 0.328 e. The van der Waals surface area contributed by atoms with Crippen molar-refractivity contribution in [3.8, 4) is 33.6 Å². The molecule has 0 amide bonds. The lowest BCUT2D eigenvalue weighted by Crippen LogP contribution is -1.91. The van der Waals surface area contributed by atoms with Crippen molar-refractivity contribution in [3.05, 3.63) is 120 Å². The summed E-state index contributed by atoms with van der Waals surface area (Å²) in [5, 5.41) is 36.0. The number of aromatic nitrogens is 2. The van der Waals surface area contributed by atoms with Crippen LogP contribution in [-0.2, 0) is 19.2 Å². The monoisotopic (exact) mass is 588 g/mol. The molecular formula is C34H24N2O8. The summed E-state index contributed by atoms with van der Waals surface area (Å²) in [5.74, 6) is -4.45. The molecule has 0 aliphatic heterocycles. The number of benzene rings is 2. The van der Waals surface area contributed by atoms with Gasteiger partial charge in [-0.1, -0.05) is 12.1 Å². The van der Waals surface area contributed by atoms with Crippen LogP contribution in [0.5, 0.6) is 0 Å². The SMILES string of the molecule is O=C(O)C=Cc1cc(C=CC(=O)O)cc(-c2ccc(-c3ccc(-c4cc(C=CC(=O)O)cc(C=CC(=O)O)c4)nc3)cn2)c1. The summed E-state index contributed by atoms with van der Waals surface area (Å²) in [4.78, 5) is 53.1. The molecule has 218 valence electrons. The minimum Gasteiger partial charge on any atom is -0.478 e. The molecule has 0 fully saturated rings. The quantitative estimate of drug-likeness (QED) is 0.155. The number of aliphatic carboxylic acids is 4. The lowest BCUT2D eigenvalue weighted by Gasteiger charge is -2.08. The summed E-state index contributed by atoms with van der Waals surface area (Å²) in [5.41, 5.74) is 6.26. The van der Waals surface area contributed by atoms with E-state index in [1.165, 1.54) is 24.3 Å². The Bertz CT molecular complexity index is 1630. The lowest BCUT2D eigenvalue weighted by atomic mass is 10.0. The van der Waals surface area contributed by atoms with Crippen LogP contribution in [0, 0.1) is 0 Å². The standard InChI is InChI=1S/C34H24N2O8/c37-31(38)9-1-21-13-22(2-10-32(39)40)16-27(15-21)29-7-5-25(19-35-29)26-6-8-30(36-20-26)28-17-23(3-11-33(41)42)14-24(18-28)4-12-34(43)44/h1-20H,(H,37,38)(H,39,40)(H,41,42)(H,43,44). The van der Waals surface area contributed by atoms with Crippen molar-refractivity contribution in [1.29, 1.82) is 0 Å². The Morgan fingerprint density at radius 1 is 0.432 bits per heavy atom. The molecule has 0 aliphatic rings. The van der Waals surface area contributed by atoms with Crippen molar-refractivity contribution >= 4 is 48.2 Å². The summed E-state index contributed by atoms with van der Waals surface area (Å²) in [6.07, 6.45) is 12.9. The van der Waals surface area contributed by atoms with Gasteiger partial charge in [0.1, 0.15) is 0 Å². The number of carboxylic acids is 4. The number of hydrogen-bond donors (Lipinski definition) is 4. The molecule has 0 radical (unpaired) electrons. The highest BCUT2D eigenvalue weighted by atomic mass is 16.4. The highest BCUT2D eigenvalue weighted by Crippen LogP contribution is 2.28. The molecule has 10 nitrogen and oxygen atoms in total. The maximum absolute atomic E-state index is 11.0. The maximum Gasteiger partial charge on any atom is 0.328 e. The maximum atomic E-state index is 11.0. The van der Waals surface area contributed by atoms with Gasteiger partial charge in [-0.2, -0.15) is 0 Å². The predicted octanol–water partition coefficient (Wildman–Crippen LogP) is 5.87. The van der Waals surface area contributed by atoms with Gasteiger partial charge in [-0.3, -0.25) is 9.97 Å². The zero-order valence-corrected chi connectivity index (χ0v) is 22.9. The van der Waals surface area contributed by atoms with Crippen molar-refractivity contribution in [2.45, 2.75) is 0 Å². The molecule has 10 heteroatoms. The molecule has 2 aromatic carbocycles. The third-order valence-corrected chi connectivity index (χ3v) is 6.08. The summed E-state index contributed by atoms with van der Waals surface area (Å²) in [6, 6.07) is 17.6. The molecule has 2 aromatic heterocycles. The minimum atomic E-state index is -1.11. The van der Waals surface area contributed by atoms with Crippen LogP contribution in [0.1, 0.15) is 22.3 Å². The molecule has 0 saturated heterocycles. The number of nitrogens with zero attached hydrogens (tertiary/aromatic N) is 2. The zero-order chi connectivity index (χ0) is 31.6. The number of carboxylic acid groups (broad SMARTS) is 4. The molecule has 0 unspecified atom stereocenters. The highest BCUT2D eigenvalue weighted by Gasteiger charge is 2.08. The second-order valence-corrected chi connectivity index (χ2v) is 9.33. The summed E-state index contributed by atoms with van der Waals surface area (Å²) in [7, 11) is 0. The van der Waals surface area contributed by atoms with Gasteiger partial charge in [0.15, 0.2) is 0 Å². The Balaban J connectivity index is 1.63. The Hall–Kier alpha value is -6.42. The molecule has 2 heterocycles. The van der Waals surface area contributed by atoms with Crippen LogP contribution >= 0.6 is 0 Å². The van der Waals surface area contributed by atoms with Crippen LogP contribution < -0.4 is 0 Å². The molecule has 0 aliphatic carbocycles. The third kappa shape index (κ3) is 8.79. The number of carbonyl (C=O) groups is 4. The molecule has 4 rings (SSSR count). The highest BCUT2D eigenvalue weighted by molar-refractivity contribution is 5.89. The molecule has 4 aromatic rings. The molecule has 0 saturated carbocycles. The van der Waals surface area contributed by atoms with Gasteiger partial charge in [-0.25, -0.2) is 19.2 Å². The molecule has 44 heavy (non-hydrogen) atoms. The first-order chi connectivity index (χ1) is 21.0. The zero-order valence-electron chi connectivity index (χ0n) is 22.9. The number of hydrogen-bond acceptors (Lipinski definition) is 6. The van der Waals surface area contributed by atoms with Crippen LogP contribution in [0.2, 0.25) is 0 Å². The van der Waals surface area contributed by atoms with Crippen molar-refractivity contribution < 1.29 is 39.6 Å². The predicted molar refractivity (Wildman–Crippen MR) is 165 cm³/mol. The van der Waals surface area contributed by atoms with E-state index in [2.05, 4.69) is 9.97 Å².